The van der Waals surface area contributed by atoms with Crippen molar-refractivity contribution >= 4 is 27.5 Å². The van der Waals surface area contributed by atoms with E-state index in [0.717, 1.165) is 25.8 Å². The Morgan fingerprint density at radius 1 is 1.43 bits per heavy atom. The van der Waals surface area contributed by atoms with Crippen LogP contribution in [0.2, 0.25) is 0 Å². The maximum absolute atomic E-state index is 11.8. The van der Waals surface area contributed by atoms with E-state index < -0.39 is 21.2 Å². The minimum Gasteiger partial charge on any atom is -0.480 e. The lowest BCUT2D eigenvalue weighted by molar-refractivity contribution is -0.136. The highest BCUT2D eigenvalue weighted by molar-refractivity contribution is 7.94. The maximum atomic E-state index is 11.8. The molecule has 0 saturated carbocycles. The summed E-state index contributed by atoms with van der Waals surface area (Å²) in [5, 5.41) is 7.23. The number of aromatic nitrogens is 1. The van der Waals surface area contributed by atoms with Gasteiger partial charge in [0.1, 0.15) is 5.82 Å². The van der Waals surface area contributed by atoms with E-state index in [-0.39, 0.29) is 5.69 Å². The number of carboxylic acid groups (broad SMARTS) is 1. The van der Waals surface area contributed by atoms with Crippen LogP contribution in [0.5, 0.6) is 0 Å². The lowest BCUT2D eigenvalue weighted by Gasteiger charge is -2.27. The van der Waals surface area contributed by atoms with Crippen LogP contribution in [0.25, 0.3) is 0 Å². The van der Waals surface area contributed by atoms with Crippen molar-refractivity contribution in [2.45, 2.75) is 12.2 Å². The van der Waals surface area contributed by atoms with Crippen LogP contribution in [-0.4, -0.2) is 56.0 Å². The van der Waals surface area contributed by atoms with E-state index in [4.69, 9.17) is 9.84 Å². The second kappa shape index (κ2) is 6.27. The van der Waals surface area contributed by atoms with E-state index in [9.17, 15) is 13.2 Å². The van der Waals surface area contributed by atoms with Gasteiger partial charge in [0.2, 0.25) is 10.0 Å². The average Bonchev–Trinajstić information content (AvgIpc) is 2.47. The lowest BCUT2D eigenvalue weighted by Crippen LogP contribution is -2.36. The highest BCUT2D eigenvalue weighted by atomic mass is 32.2. The lowest BCUT2D eigenvalue weighted by atomic mass is 10.3. The van der Waals surface area contributed by atoms with Gasteiger partial charge in [-0.2, -0.15) is 0 Å². The molecular formula is C12H17N3O5S. The normalized spacial score (nSPS) is 17.3. The summed E-state index contributed by atoms with van der Waals surface area (Å²) in [6.07, 6.45) is 1.37. The van der Waals surface area contributed by atoms with Crippen LogP contribution in [0.4, 0.5) is 11.5 Å². The van der Waals surface area contributed by atoms with Gasteiger partial charge in [-0.15, -0.1) is 0 Å². The first-order valence-corrected chi connectivity index (χ1v) is 7.98. The molecule has 1 aliphatic rings. The first kappa shape index (κ1) is 15.5. The number of ether oxygens (including phenoxy) is 1. The van der Waals surface area contributed by atoms with Crippen molar-refractivity contribution in [3.05, 3.63) is 18.3 Å². The molecule has 1 aliphatic heterocycles. The largest absolute Gasteiger partial charge is 0.480 e. The van der Waals surface area contributed by atoms with E-state index >= 15 is 0 Å². The van der Waals surface area contributed by atoms with Gasteiger partial charge in [-0.3, -0.25) is 9.52 Å². The summed E-state index contributed by atoms with van der Waals surface area (Å²) >= 11 is 0. The van der Waals surface area contributed by atoms with Gasteiger partial charge in [-0.25, -0.2) is 13.4 Å². The van der Waals surface area contributed by atoms with Crippen molar-refractivity contribution < 1.29 is 23.1 Å². The number of sulfonamides is 1. The summed E-state index contributed by atoms with van der Waals surface area (Å²) < 4.78 is 31.0. The first-order valence-electron chi connectivity index (χ1n) is 6.43. The number of nitrogens with zero attached hydrogens (tertiary/aromatic N) is 2. The van der Waals surface area contributed by atoms with Gasteiger partial charge in [0.05, 0.1) is 25.1 Å². The molecule has 0 aliphatic carbocycles. The maximum Gasteiger partial charge on any atom is 0.323 e. The molecule has 0 radical (unpaired) electrons. The number of hydrogen-bond acceptors (Lipinski definition) is 6. The number of morpholine rings is 1. The highest BCUT2D eigenvalue weighted by Crippen LogP contribution is 2.17. The van der Waals surface area contributed by atoms with E-state index in [1.54, 1.807) is 12.1 Å². The molecule has 116 valence electrons. The predicted octanol–water partition coefficient (Wildman–Crippen LogP) is 0.133. The molecule has 1 unspecified atom stereocenters. The van der Waals surface area contributed by atoms with Crippen molar-refractivity contribution in [2.75, 3.05) is 35.9 Å². The minimum absolute atomic E-state index is 0.236. The third-order valence-corrected chi connectivity index (χ3v) is 4.81. The summed E-state index contributed by atoms with van der Waals surface area (Å²) in [4.78, 5) is 17.0. The van der Waals surface area contributed by atoms with Crippen LogP contribution in [0.1, 0.15) is 6.92 Å². The smallest absolute Gasteiger partial charge is 0.323 e. The van der Waals surface area contributed by atoms with E-state index in [1.807, 2.05) is 4.90 Å². The molecule has 1 aromatic heterocycles. The van der Waals surface area contributed by atoms with Crippen LogP contribution in [-0.2, 0) is 19.6 Å². The van der Waals surface area contributed by atoms with Crippen LogP contribution >= 0.6 is 0 Å². The number of aliphatic carboxylic acids is 1. The Labute approximate surface area is 122 Å². The second-order valence-corrected chi connectivity index (χ2v) is 6.63. The zero-order chi connectivity index (χ0) is 15.5. The molecule has 2 heterocycles. The molecule has 1 saturated heterocycles. The Bertz CT molecular complexity index is 596. The summed E-state index contributed by atoms with van der Waals surface area (Å²) in [5.74, 6) is -0.673. The number of hydrogen-bond donors (Lipinski definition) is 2. The third kappa shape index (κ3) is 3.82. The Hall–Kier alpha value is -1.87. The molecule has 1 atom stereocenters. The van der Waals surface area contributed by atoms with Gasteiger partial charge >= 0.3 is 5.97 Å². The molecule has 1 aromatic rings. The molecular weight excluding hydrogens is 298 g/mol. The third-order valence-electron chi connectivity index (χ3n) is 3.16. The predicted molar refractivity (Wildman–Crippen MR) is 76.9 cm³/mol. The fraction of sp³-hybridized carbons (Fsp3) is 0.500. The van der Waals surface area contributed by atoms with Gasteiger partial charge in [0, 0.05) is 13.1 Å². The van der Waals surface area contributed by atoms with Crippen molar-refractivity contribution in [3.8, 4) is 0 Å². The molecule has 2 rings (SSSR count). The van der Waals surface area contributed by atoms with E-state index in [2.05, 4.69) is 9.71 Å². The molecule has 1 fully saturated rings. The van der Waals surface area contributed by atoms with Crippen molar-refractivity contribution in [2.24, 2.45) is 0 Å². The first-order chi connectivity index (χ1) is 9.90. The Morgan fingerprint density at radius 2 is 2.10 bits per heavy atom. The Morgan fingerprint density at radius 3 is 2.62 bits per heavy atom. The minimum atomic E-state index is -3.97. The molecule has 0 aromatic carbocycles. The van der Waals surface area contributed by atoms with Gasteiger partial charge in [-0.05, 0) is 19.1 Å². The van der Waals surface area contributed by atoms with Crippen LogP contribution in [0.15, 0.2) is 18.3 Å². The zero-order valence-electron chi connectivity index (χ0n) is 11.5. The zero-order valence-corrected chi connectivity index (χ0v) is 12.3. The molecule has 0 spiro atoms. The number of pyridine rings is 1. The summed E-state index contributed by atoms with van der Waals surface area (Å²) in [5.41, 5.74) is 0.236. The number of rotatable bonds is 5. The Kier molecular flexibility index (Phi) is 4.63. The van der Waals surface area contributed by atoms with Gasteiger partial charge < -0.3 is 14.7 Å². The summed E-state index contributed by atoms with van der Waals surface area (Å²) in [6.45, 7) is 3.83. The van der Waals surface area contributed by atoms with Gasteiger partial charge in [0.25, 0.3) is 0 Å². The van der Waals surface area contributed by atoms with E-state index in [1.165, 1.54) is 6.20 Å². The SMILES string of the molecule is CC(C(=O)O)S(=O)(=O)Nc1ccc(N2CCOCC2)nc1. The van der Waals surface area contributed by atoms with Crippen molar-refractivity contribution in [1.82, 2.24) is 4.98 Å². The second-order valence-electron chi connectivity index (χ2n) is 4.63. The number of nitrogens with one attached hydrogen (secondary N) is 1. The molecule has 0 bridgehead atoms. The number of carbonyl (C=O) groups is 1. The molecule has 9 heteroatoms. The van der Waals surface area contributed by atoms with Gasteiger partial charge in [0.15, 0.2) is 5.25 Å². The Balaban J connectivity index is 2.07. The standard InChI is InChI=1S/C12H17N3O5S/c1-9(12(16)17)21(18,19)14-10-2-3-11(13-8-10)15-4-6-20-7-5-15/h2-3,8-9,14H,4-7H2,1H3,(H,16,17). The van der Waals surface area contributed by atoms with E-state index in [0.29, 0.717) is 13.2 Å². The highest BCUT2D eigenvalue weighted by Gasteiger charge is 2.27. The summed E-state index contributed by atoms with van der Waals surface area (Å²) in [6, 6.07) is 3.25. The molecule has 21 heavy (non-hydrogen) atoms. The van der Waals surface area contributed by atoms with Crippen LogP contribution < -0.4 is 9.62 Å². The van der Waals surface area contributed by atoms with Crippen molar-refractivity contribution in [3.63, 3.8) is 0 Å². The number of anilines is 2. The molecule has 8 nitrogen and oxygen atoms in total. The van der Waals surface area contributed by atoms with Crippen LogP contribution in [0, 0.1) is 0 Å². The molecule has 0 amide bonds. The average molecular weight is 315 g/mol. The van der Waals surface area contributed by atoms with Gasteiger partial charge in [-0.1, -0.05) is 0 Å². The number of carboxylic acids is 1. The van der Waals surface area contributed by atoms with Crippen LogP contribution in [0.3, 0.4) is 0 Å². The van der Waals surface area contributed by atoms with Crippen molar-refractivity contribution in [1.29, 1.82) is 0 Å². The quantitative estimate of drug-likeness (QED) is 0.795. The fourth-order valence-corrected chi connectivity index (χ4v) is 2.70. The molecule has 2 N–H and O–H groups in total. The fourth-order valence-electron chi connectivity index (χ4n) is 1.81. The monoisotopic (exact) mass is 315 g/mol. The topological polar surface area (TPSA) is 109 Å². The summed E-state index contributed by atoms with van der Waals surface area (Å²) in [7, 11) is -3.97.